The van der Waals surface area contributed by atoms with Crippen molar-refractivity contribution in [2.45, 2.75) is 39.0 Å². The molecule has 1 aliphatic heterocycles. The van der Waals surface area contributed by atoms with E-state index in [1.54, 1.807) is 0 Å². The summed E-state index contributed by atoms with van der Waals surface area (Å²) in [4.78, 5) is 31.4. The van der Waals surface area contributed by atoms with Gasteiger partial charge in [-0.25, -0.2) is 0 Å². The third kappa shape index (κ3) is 3.38. The molecule has 6 heteroatoms. The fourth-order valence-electron chi connectivity index (χ4n) is 4.75. The highest BCUT2D eigenvalue weighted by Crippen LogP contribution is 2.52. The summed E-state index contributed by atoms with van der Waals surface area (Å²) in [5.74, 6) is 2.27. The molecule has 2 amide bonds. The molecule has 142 valence electrons. The van der Waals surface area contributed by atoms with Crippen molar-refractivity contribution >= 4 is 17.8 Å². The van der Waals surface area contributed by atoms with E-state index in [0.717, 1.165) is 37.8 Å². The molecule has 6 nitrogen and oxygen atoms in total. The predicted octanol–water partition coefficient (Wildman–Crippen LogP) is 1.54. The van der Waals surface area contributed by atoms with E-state index in [-0.39, 0.29) is 23.7 Å². The van der Waals surface area contributed by atoms with E-state index < -0.39 is 0 Å². The van der Waals surface area contributed by atoms with Gasteiger partial charge in [-0.1, -0.05) is 25.0 Å². The Hall–Kier alpha value is -1.85. The van der Waals surface area contributed by atoms with Crippen LogP contribution in [0.5, 0.6) is 0 Å². The number of guanidine groups is 1. The van der Waals surface area contributed by atoms with Crippen molar-refractivity contribution in [3.8, 4) is 0 Å². The fourth-order valence-corrected chi connectivity index (χ4v) is 4.75. The quantitative estimate of drug-likeness (QED) is 0.227. The number of nitrogens with one attached hydrogen (secondary N) is 2. The number of likely N-dealkylation sites (tertiary alicyclic amines) is 1. The van der Waals surface area contributed by atoms with Gasteiger partial charge in [-0.3, -0.25) is 19.5 Å². The van der Waals surface area contributed by atoms with E-state index in [1.807, 2.05) is 0 Å². The summed E-state index contributed by atoms with van der Waals surface area (Å²) < 4.78 is 0. The van der Waals surface area contributed by atoms with Gasteiger partial charge in [0.1, 0.15) is 0 Å². The van der Waals surface area contributed by atoms with E-state index in [9.17, 15) is 9.59 Å². The lowest BCUT2D eigenvalue weighted by Crippen LogP contribution is -2.38. The molecule has 0 aromatic heterocycles. The number of rotatable bonds is 8. The molecule has 1 heterocycles. The average Bonchev–Trinajstić information content (AvgIpc) is 3.13. The van der Waals surface area contributed by atoms with Gasteiger partial charge in [-0.15, -0.1) is 0 Å². The number of amides is 2. The molecule has 2 N–H and O–H groups in total. The molecule has 3 fully saturated rings. The number of nitrogens with zero attached hydrogens (tertiary/aromatic N) is 2. The van der Waals surface area contributed by atoms with Crippen LogP contribution in [-0.4, -0.2) is 48.9 Å². The zero-order chi connectivity index (χ0) is 18.1. The first-order valence-corrected chi connectivity index (χ1v) is 10.2. The summed E-state index contributed by atoms with van der Waals surface area (Å²) >= 11 is 0. The van der Waals surface area contributed by atoms with Gasteiger partial charge >= 0.3 is 0 Å². The van der Waals surface area contributed by atoms with Gasteiger partial charge in [0.05, 0.1) is 11.8 Å². The maximum atomic E-state index is 12.6. The van der Waals surface area contributed by atoms with Crippen LogP contribution in [0, 0.1) is 29.6 Å². The summed E-state index contributed by atoms with van der Waals surface area (Å²) in [5, 5.41) is 6.63. The summed E-state index contributed by atoms with van der Waals surface area (Å²) in [7, 11) is 0. The minimum absolute atomic E-state index is 0.0512. The molecule has 26 heavy (non-hydrogen) atoms. The van der Waals surface area contributed by atoms with Crippen molar-refractivity contribution < 1.29 is 9.59 Å². The van der Waals surface area contributed by atoms with Gasteiger partial charge in [0.2, 0.25) is 11.8 Å². The standard InChI is InChI=1S/C20H30N4O2/c1-2-21-20(23-10-8-13-4-5-13)22-9-3-11-24-18(25)16-14-6-7-15(12-14)17(16)19(24)26/h6-7,13-17H,2-5,8-12H2,1H3,(H2,21,22,23). The Morgan fingerprint density at radius 2 is 1.85 bits per heavy atom. The molecule has 4 atom stereocenters. The lowest BCUT2D eigenvalue weighted by Gasteiger charge is -2.17. The Labute approximate surface area is 155 Å². The summed E-state index contributed by atoms with van der Waals surface area (Å²) in [6.07, 6.45) is 9.93. The van der Waals surface area contributed by atoms with Crippen LogP contribution < -0.4 is 10.6 Å². The number of aliphatic imine (C=N–C) groups is 1. The average molecular weight is 358 g/mol. The topological polar surface area (TPSA) is 73.8 Å². The zero-order valence-electron chi connectivity index (χ0n) is 15.6. The number of hydrogen-bond acceptors (Lipinski definition) is 3. The summed E-state index contributed by atoms with van der Waals surface area (Å²) in [6, 6.07) is 0. The molecule has 0 spiro atoms. The molecule has 4 rings (SSSR count). The van der Waals surface area contributed by atoms with Crippen LogP contribution in [0.1, 0.15) is 39.0 Å². The van der Waals surface area contributed by atoms with E-state index in [4.69, 9.17) is 0 Å². The first kappa shape index (κ1) is 17.6. The normalized spacial score (nSPS) is 32.5. The zero-order valence-corrected chi connectivity index (χ0v) is 15.6. The van der Waals surface area contributed by atoms with Crippen LogP contribution >= 0.6 is 0 Å². The Kier molecular flexibility index (Phi) is 5.00. The highest BCUT2D eigenvalue weighted by molar-refractivity contribution is 6.06. The molecule has 3 aliphatic carbocycles. The second kappa shape index (κ2) is 7.41. The van der Waals surface area contributed by atoms with Gasteiger partial charge in [0.15, 0.2) is 5.96 Å². The van der Waals surface area contributed by atoms with E-state index in [0.29, 0.717) is 24.9 Å². The molecule has 1 saturated heterocycles. The number of hydrogen-bond donors (Lipinski definition) is 2. The molecule has 0 radical (unpaired) electrons. The van der Waals surface area contributed by atoms with Crippen LogP contribution in [0.4, 0.5) is 0 Å². The maximum absolute atomic E-state index is 12.6. The second-order valence-electron chi connectivity index (χ2n) is 8.10. The van der Waals surface area contributed by atoms with Crippen LogP contribution in [0.3, 0.4) is 0 Å². The molecule has 2 bridgehead atoms. The monoisotopic (exact) mass is 358 g/mol. The van der Waals surface area contributed by atoms with E-state index in [1.165, 1.54) is 24.2 Å². The molecule has 2 saturated carbocycles. The molecule has 0 aromatic rings. The van der Waals surface area contributed by atoms with Crippen LogP contribution in [0.15, 0.2) is 17.1 Å². The SMILES string of the molecule is CCNC(=NCCCN1C(=O)C2C3C=CC(C3)C2C1=O)NCCC1CC1. The van der Waals surface area contributed by atoms with Crippen molar-refractivity contribution in [1.82, 2.24) is 15.5 Å². The third-order valence-electron chi connectivity index (χ3n) is 6.26. The smallest absolute Gasteiger partial charge is 0.233 e. The first-order chi connectivity index (χ1) is 12.7. The van der Waals surface area contributed by atoms with Crippen LogP contribution in [-0.2, 0) is 9.59 Å². The number of fused-ring (bicyclic) bond motifs is 5. The van der Waals surface area contributed by atoms with Gasteiger partial charge in [0, 0.05) is 26.2 Å². The van der Waals surface area contributed by atoms with Gasteiger partial charge in [-0.2, -0.15) is 0 Å². The van der Waals surface area contributed by atoms with Crippen molar-refractivity contribution in [3.05, 3.63) is 12.2 Å². The Morgan fingerprint density at radius 1 is 1.15 bits per heavy atom. The molecular weight excluding hydrogens is 328 g/mol. The summed E-state index contributed by atoms with van der Waals surface area (Å²) in [6.45, 7) is 4.96. The molecular formula is C20H30N4O2. The molecule has 4 unspecified atom stereocenters. The van der Waals surface area contributed by atoms with Crippen LogP contribution in [0.25, 0.3) is 0 Å². The maximum Gasteiger partial charge on any atom is 0.233 e. The van der Waals surface area contributed by atoms with Gasteiger partial charge in [0.25, 0.3) is 0 Å². The van der Waals surface area contributed by atoms with Crippen molar-refractivity contribution in [2.75, 3.05) is 26.2 Å². The number of carbonyl (C=O) groups is 2. The number of imide groups is 1. The van der Waals surface area contributed by atoms with Crippen molar-refractivity contribution in [3.63, 3.8) is 0 Å². The van der Waals surface area contributed by atoms with Crippen molar-refractivity contribution in [2.24, 2.45) is 34.6 Å². The molecule has 4 aliphatic rings. The lowest BCUT2D eigenvalue weighted by molar-refractivity contribution is -0.140. The lowest BCUT2D eigenvalue weighted by atomic mass is 9.85. The Balaban J connectivity index is 1.24. The van der Waals surface area contributed by atoms with Crippen LogP contribution in [0.2, 0.25) is 0 Å². The summed E-state index contributed by atoms with van der Waals surface area (Å²) in [5.41, 5.74) is 0. The largest absolute Gasteiger partial charge is 0.357 e. The third-order valence-corrected chi connectivity index (χ3v) is 6.26. The first-order valence-electron chi connectivity index (χ1n) is 10.2. The fraction of sp³-hybridized carbons (Fsp3) is 0.750. The second-order valence-corrected chi connectivity index (χ2v) is 8.10. The number of allylic oxidation sites excluding steroid dienone is 2. The predicted molar refractivity (Wildman–Crippen MR) is 100 cm³/mol. The van der Waals surface area contributed by atoms with Gasteiger partial charge < -0.3 is 10.6 Å². The highest BCUT2D eigenvalue weighted by Gasteiger charge is 2.58. The minimum atomic E-state index is -0.0811. The highest BCUT2D eigenvalue weighted by atomic mass is 16.2. The number of carbonyl (C=O) groups excluding carboxylic acids is 2. The van der Waals surface area contributed by atoms with Crippen molar-refractivity contribution in [1.29, 1.82) is 0 Å². The van der Waals surface area contributed by atoms with E-state index >= 15 is 0 Å². The van der Waals surface area contributed by atoms with Gasteiger partial charge in [-0.05, 0) is 43.9 Å². The van der Waals surface area contributed by atoms with E-state index in [2.05, 4.69) is 34.7 Å². The Bertz CT molecular complexity index is 595. The molecule has 0 aromatic carbocycles. The minimum Gasteiger partial charge on any atom is -0.357 e. The Morgan fingerprint density at radius 3 is 2.46 bits per heavy atom.